The lowest BCUT2D eigenvalue weighted by Crippen LogP contribution is -2.12. The number of amides is 1. The standard InChI is InChI=1S/C23H16ClN5O2/c24-15-8-6-14(7-9-15)21-18(13-29(28-21)17-4-2-1-3-5-17)22(30)25-16-10-11-19-20(12-16)27-23(31)26-19/h1-13H,(H,25,30)(H2,26,27,31). The molecule has 0 saturated carbocycles. The molecule has 0 unspecified atom stereocenters. The first-order valence-corrected chi connectivity index (χ1v) is 9.89. The van der Waals surface area contributed by atoms with Gasteiger partial charge in [0.15, 0.2) is 0 Å². The van der Waals surface area contributed by atoms with Crippen molar-refractivity contribution < 1.29 is 4.79 Å². The lowest BCUT2D eigenvalue weighted by Gasteiger charge is -2.06. The van der Waals surface area contributed by atoms with Crippen molar-refractivity contribution in [3.8, 4) is 16.9 Å². The van der Waals surface area contributed by atoms with Crippen LogP contribution in [0.5, 0.6) is 0 Å². The van der Waals surface area contributed by atoms with Crippen molar-refractivity contribution in [1.82, 2.24) is 19.7 Å². The third-order valence-corrected chi connectivity index (χ3v) is 5.12. The molecule has 0 fully saturated rings. The minimum Gasteiger partial charge on any atom is -0.322 e. The Morgan fingerprint density at radius 3 is 2.45 bits per heavy atom. The van der Waals surface area contributed by atoms with E-state index < -0.39 is 0 Å². The number of aromatic amines is 2. The van der Waals surface area contributed by atoms with E-state index in [0.717, 1.165) is 11.3 Å². The topological polar surface area (TPSA) is 95.6 Å². The van der Waals surface area contributed by atoms with Gasteiger partial charge in [0.1, 0.15) is 5.69 Å². The van der Waals surface area contributed by atoms with Crippen molar-refractivity contribution in [2.24, 2.45) is 0 Å². The van der Waals surface area contributed by atoms with Crippen molar-refractivity contribution in [3.05, 3.63) is 100 Å². The van der Waals surface area contributed by atoms with Gasteiger partial charge in [-0.3, -0.25) is 4.79 Å². The van der Waals surface area contributed by atoms with Gasteiger partial charge in [-0.2, -0.15) is 5.10 Å². The number of carbonyl (C=O) groups is 1. The Morgan fingerprint density at radius 1 is 0.935 bits per heavy atom. The van der Waals surface area contributed by atoms with E-state index in [1.165, 1.54) is 0 Å². The Bertz CT molecular complexity index is 1450. The van der Waals surface area contributed by atoms with Gasteiger partial charge in [0, 0.05) is 22.5 Å². The number of benzene rings is 3. The van der Waals surface area contributed by atoms with Gasteiger partial charge in [0.25, 0.3) is 5.91 Å². The maximum Gasteiger partial charge on any atom is 0.323 e. The summed E-state index contributed by atoms with van der Waals surface area (Å²) in [7, 11) is 0. The number of halogens is 1. The van der Waals surface area contributed by atoms with Crippen LogP contribution < -0.4 is 11.0 Å². The van der Waals surface area contributed by atoms with E-state index in [1.807, 2.05) is 42.5 Å². The highest BCUT2D eigenvalue weighted by molar-refractivity contribution is 6.30. The maximum absolute atomic E-state index is 13.2. The van der Waals surface area contributed by atoms with Gasteiger partial charge in [-0.15, -0.1) is 0 Å². The molecule has 0 radical (unpaired) electrons. The number of para-hydroxylation sites is 1. The molecule has 5 rings (SSSR count). The lowest BCUT2D eigenvalue weighted by atomic mass is 10.1. The number of hydrogen-bond acceptors (Lipinski definition) is 3. The van der Waals surface area contributed by atoms with Crippen molar-refractivity contribution in [2.45, 2.75) is 0 Å². The zero-order chi connectivity index (χ0) is 21.4. The van der Waals surface area contributed by atoms with Crippen LogP contribution in [0.25, 0.3) is 28.0 Å². The SMILES string of the molecule is O=C(Nc1ccc2[nH]c(=O)[nH]c2c1)c1cn(-c2ccccc2)nc1-c1ccc(Cl)cc1. The van der Waals surface area contributed by atoms with Crippen LogP contribution in [0.2, 0.25) is 5.02 Å². The third-order valence-electron chi connectivity index (χ3n) is 4.87. The van der Waals surface area contributed by atoms with Crippen molar-refractivity contribution in [1.29, 1.82) is 0 Å². The molecule has 2 heterocycles. The van der Waals surface area contributed by atoms with E-state index in [2.05, 4.69) is 20.4 Å². The molecule has 5 aromatic rings. The summed E-state index contributed by atoms with van der Waals surface area (Å²) in [5, 5.41) is 8.15. The van der Waals surface area contributed by atoms with Gasteiger partial charge in [-0.1, -0.05) is 41.9 Å². The molecular weight excluding hydrogens is 414 g/mol. The second kappa shape index (κ2) is 7.62. The molecule has 1 amide bonds. The van der Waals surface area contributed by atoms with Gasteiger partial charge < -0.3 is 15.3 Å². The molecule has 3 aromatic carbocycles. The molecule has 2 aromatic heterocycles. The average molecular weight is 430 g/mol. The minimum absolute atomic E-state index is 0.298. The van der Waals surface area contributed by atoms with E-state index >= 15 is 0 Å². The molecule has 3 N–H and O–H groups in total. The Kier molecular flexibility index (Phi) is 4.65. The quantitative estimate of drug-likeness (QED) is 0.389. The summed E-state index contributed by atoms with van der Waals surface area (Å²) < 4.78 is 1.67. The number of hydrogen-bond donors (Lipinski definition) is 3. The number of nitrogens with zero attached hydrogens (tertiary/aromatic N) is 2. The van der Waals surface area contributed by atoms with Crippen LogP contribution in [-0.2, 0) is 0 Å². The second-order valence-corrected chi connectivity index (χ2v) is 7.41. The highest BCUT2D eigenvalue weighted by atomic mass is 35.5. The molecule has 8 heteroatoms. The van der Waals surface area contributed by atoms with Crippen molar-refractivity contribution in [3.63, 3.8) is 0 Å². The summed E-state index contributed by atoms with van der Waals surface area (Å²) in [4.78, 5) is 30.0. The average Bonchev–Trinajstić information content (AvgIpc) is 3.38. The fourth-order valence-corrected chi connectivity index (χ4v) is 3.51. The molecule has 152 valence electrons. The van der Waals surface area contributed by atoms with E-state index in [-0.39, 0.29) is 11.6 Å². The van der Waals surface area contributed by atoms with Gasteiger partial charge in [-0.05, 0) is 42.5 Å². The fourth-order valence-electron chi connectivity index (χ4n) is 3.38. The number of imidazole rings is 1. The van der Waals surface area contributed by atoms with Crippen LogP contribution >= 0.6 is 11.6 Å². The molecule has 0 saturated heterocycles. The third kappa shape index (κ3) is 3.74. The Morgan fingerprint density at radius 2 is 1.68 bits per heavy atom. The first kappa shape index (κ1) is 18.9. The monoisotopic (exact) mass is 429 g/mol. The highest BCUT2D eigenvalue weighted by Crippen LogP contribution is 2.26. The van der Waals surface area contributed by atoms with E-state index in [0.29, 0.717) is 33.0 Å². The van der Waals surface area contributed by atoms with Crippen molar-refractivity contribution in [2.75, 3.05) is 5.32 Å². The molecule has 7 nitrogen and oxygen atoms in total. The van der Waals surface area contributed by atoms with Crippen LogP contribution in [-0.4, -0.2) is 25.7 Å². The zero-order valence-electron chi connectivity index (χ0n) is 16.1. The van der Waals surface area contributed by atoms with Gasteiger partial charge in [-0.25, -0.2) is 9.48 Å². The first-order chi connectivity index (χ1) is 15.1. The number of anilines is 1. The summed E-state index contributed by atoms with van der Waals surface area (Å²) in [6.07, 6.45) is 1.70. The Labute approximate surface area is 181 Å². The van der Waals surface area contributed by atoms with E-state index in [4.69, 9.17) is 11.6 Å². The number of aromatic nitrogens is 4. The Balaban J connectivity index is 1.55. The molecule has 0 aliphatic rings. The predicted octanol–water partition coefficient (Wildman–Crippen LogP) is 4.61. The van der Waals surface area contributed by atoms with Crippen LogP contribution in [0, 0.1) is 0 Å². The summed E-state index contributed by atoms with van der Waals surface area (Å²) in [5.74, 6) is -0.315. The maximum atomic E-state index is 13.2. The number of carbonyl (C=O) groups excluding carboxylic acids is 1. The first-order valence-electron chi connectivity index (χ1n) is 9.51. The van der Waals surface area contributed by atoms with Crippen LogP contribution in [0.15, 0.2) is 83.8 Å². The van der Waals surface area contributed by atoms with Crippen molar-refractivity contribution >= 4 is 34.2 Å². The summed E-state index contributed by atoms with van der Waals surface area (Å²) in [6.45, 7) is 0. The summed E-state index contributed by atoms with van der Waals surface area (Å²) >= 11 is 6.03. The highest BCUT2D eigenvalue weighted by Gasteiger charge is 2.19. The summed E-state index contributed by atoms with van der Waals surface area (Å²) in [6, 6.07) is 21.9. The molecule has 0 aliphatic carbocycles. The second-order valence-electron chi connectivity index (χ2n) is 6.97. The number of H-pyrrole nitrogens is 2. The number of rotatable bonds is 4. The number of nitrogens with one attached hydrogen (secondary N) is 3. The smallest absolute Gasteiger partial charge is 0.322 e. The number of fused-ring (bicyclic) bond motifs is 1. The Hall–Kier alpha value is -4.10. The molecule has 31 heavy (non-hydrogen) atoms. The predicted molar refractivity (Wildman–Crippen MR) is 121 cm³/mol. The molecular formula is C23H16ClN5O2. The molecule has 0 spiro atoms. The molecule has 0 aliphatic heterocycles. The summed E-state index contributed by atoms with van der Waals surface area (Å²) in [5.41, 5.74) is 4.10. The van der Waals surface area contributed by atoms with Crippen LogP contribution in [0.1, 0.15) is 10.4 Å². The normalized spacial score (nSPS) is 11.0. The van der Waals surface area contributed by atoms with Crippen LogP contribution in [0.4, 0.5) is 5.69 Å². The van der Waals surface area contributed by atoms with E-state index in [1.54, 1.807) is 41.2 Å². The zero-order valence-corrected chi connectivity index (χ0v) is 16.9. The van der Waals surface area contributed by atoms with Gasteiger partial charge in [0.2, 0.25) is 0 Å². The van der Waals surface area contributed by atoms with E-state index in [9.17, 15) is 9.59 Å². The van der Waals surface area contributed by atoms with Gasteiger partial charge >= 0.3 is 5.69 Å². The minimum atomic E-state index is -0.315. The molecule has 0 bridgehead atoms. The largest absolute Gasteiger partial charge is 0.323 e. The fraction of sp³-hybridized carbons (Fsp3) is 0. The van der Waals surface area contributed by atoms with Gasteiger partial charge in [0.05, 0.1) is 22.3 Å². The van der Waals surface area contributed by atoms with Crippen LogP contribution in [0.3, 0.4) is 0 Å². The molecule has 0 atom stereocenters. The lowest BCUT2D eigenvalue weighted by molar-refractivity contribution is 0.102.